The SMILES string of the molecule is COc1ccc(CC(CBr)Cc2ccc(F)cc2Cl)cc1. The number of hydrogen-bond donors (Lipinski definition) is 0. The van der Waals surface area contributed by atoms with E-state index < -0.39 is 0 Å². The lowest BCUT2D eigenvalue weighted by Gasteiger charge is -2.15. The van der Waals surface area contributed by atoms with Crippen LogP contribution in [0.3, 0.4) is 0 Å². The molecule has 2 aromatic rings. The molecule has 112 valence electrons. The molecule has 0 amide bonds. The fourth-order valence-electron chi connectivity index (χ4n) is 2.27. The van der Waals surface area contributed by atoms with Gasteiger partial charge < -0.3 is 4.74 Å². The fourth-order valence-corrected chi connectivity index (χ4v) is 2.98. The van der Waals surface area contributed by atoms with Gasteiger partial charge in [0.15, 0.2) is 0 Å². The van der Waals surface area contributed by atoms with Gasteiger partial charge in [-0.15, -0.1) is 0 Å². The molecule has 0 aliphatic carbocycles. The first-order chi connectivity index (χ1) is 10.1. The minimum Gasteiger partial charge on any atom is -0.497 e. The van der Waals surface area contributed by atoms with Crippen LogP contribution in [-0.4, -0.2) is 12.4 Å². The van der Waals surface area contributed by atoms with Gasteiger partial charge in [-0.3, -0.25) is 0 Å². The Kier molecular flexibility index (Phi) is 6.07. The molecule has 0 heterocycles. The van der Waals surface area contributed by atoms with Crippen LogP contribution in [0.1, 0.15) is 11.1 Å². The van der Waals surface area contributed by atoms with Crippen molar-refractivity contribution < 1.29 is 9.13 Å². The van der Waals surface area contributed by atoms with E-state index in [-0.39, 0.29) is 5.82 Å². The third-order valence-corrected chi connectivity index (χ3v) is 4.69. The third-order valence-electron chi connectivity index (χ3n) is 3.43. The summed E-state index contributed by atoms with van der Waals surface area (Å²) in [6.45, 7) is 0. The highest BCUT2D eigenvalue weighted by Crippen LogP contribution is 2.24. The second-order valence-electron chi connectivity index (χ2n) is 5.01. The highest BCUT2D eigenvalue weighted by molar-refractivity contribution is 9.09. The lowest BCUT2D eigenvalue weighted by Crippen LogP contribution is -2.10. The van der Waals surface area contributed by atoms with Crippen molar-refractivity contribution in [3.05, 3.63) is 64.4 Å². The fraction of sp³-hybridized carbons (Fsp3) is 0.294. The van der Waals surface area contributed by atoms with Crippen molar-refractivity contribution in [1.29, 1.82) is 0 Å². The van der Waals surface area contributed by atoms with Crippen molar-refractivity contribution >= 4 is 27.5 Å². The molecular formula is C17H17BrClFO. The first-order valence-electron chi connectivity index (χ1n) is 6.75. The molecule has 21 heavy (non-hydrogen) atoms. The zero-order valence-corrected chi connectivity index (χ0v) is 14.1. The molecule has 0 saturated heterocycles. The quantitative estimate of drug-likeness (QED) is 0.627. The normalized spacial score (nSPS) is 12.2. The maximum absolute atomic E-state index is 13.1. The molecule has 0 aromatic heterocycles. The highest BCUT2D eigenvalue weighted by atomic mass is 79.9. The molecule has 1 atom stereocenters. The number of benzene rings is 2. The largest absolute Gasteiger partial charge is 0.497 e. The van der Waals surface area contributed by atoms with E-state index in [1.807, 2.05) is 12.1 Å². The smallest absolute Gasteiger partial charge is 0.124 e. The summed E-state index contributed by atoms with van der Waals surface area (Å²) in [6, 6.07) is 12.7. The summed E-state index contributed by atoms with van der Waals surface area (Å²) in [5.41, 5.74) is 2.23. The summed E-state index contributed by atoms with van der Waals surface area (Å²) in [6.07, 6.45) is 1.75. The van der Waals surface area contributed by atoms with Gasteiger partial charge in [-0.25, -0.2) is 4.39 Å². The molecule has 0 bridgehead atoms. The van der Waals surface area contributed by atoms with Crippen LogP contribution in [0.15, 0.2) is 42.5 Å². The van der Waals surface area contributed by atoms with Crippen LogP contribution in [0.2, 0.25) is 5.02 Å². The van der Waals surface area contributed by atoms with E-state index in [2.05, 4.69) is 28.1 Å². The minimum atomic E-state index is -0.297. The van der Waals surface area contributed by atoms with Gasteiger partial charge in [-0.2, -0.15) is 0 Å². The molecule has 0 fully saturated rings. The van der Waals surface area contributed by atoms with Gasteiger partial charge in [-0.05, 0) is 54.2 Å². The van der Waals surface area contributed by atoms with Crippen LogP contribution in [0.4, 0.5) is 4.39 Å². The number of alkyl halides is 1. The molecule has 2 rings (SSSR count). The summed E-state index contributed by atoms with van der Waals surface area (Å²) < 4.78 is 18.2. The number of halogens is 3. The van der Waals surface area contributed by atoms with Gasteiger partial charge >= 0.3 is 0 Å². The molecule has 0 aliphatic rings. The van der Waals surface area contributed by atoms with Crippen molar-refractivity contribution in [3.63, 3.8) is 0 Å². The molecule has 0 radical (unpaired) electrons. The molecule has 1 nitrogen and oxygen atoms in total. The number of ether oxygens (including phenoxy) is 1. The Morgan fingerprint density at radius 3 is 2.43 bits per heavy atom. The first-order valence-corrected chi connectivity index (χ1v) is 8.25. The van der Waals surface area contributed by atoms with Crippen LogP contribution >= 0.6 is 27.5 Å². The lowest BCUT2D eigenvalue weighted by molar-refractivity contribution is 0.414. The van der Waals surface area contributed by atoms with E-state index in [9.17, 15) is 4.39 Å². The van der Waals surface area contributed by atoms with Gasteiger partial charge in [0.05, 0.1) is 7.11 Å². The third kappa shape index (κ3) is 4.72. The van der Waals surface area contributed by atoms with Gasteiger partial charge in [-0.1, -0.05) is 45.7 Å². The average Bonchev–Trinajstić information content (AvgIpc) is 2.49. The molecule has 2 aromatic carbocycles. The van der Waals surface area contributed by atoms with E-state index in [4.69, 9.17) is 16.3 Å². The zero-order chi connectivity index (χ0) is 15.2. The lowest BCUT2D eigenvalue weighted by atomic mass is 9.94. The standard InChI is InChI=1S/C17H17BrClFO/c1-21-16-6-2-12(3-7-16)8-13(11-18)9-14-4-5-15(20)10-17(14)19/h2-7,10,13H,8-9,11H2,1H3. The van der Waals surface area contributed by atoms with E-state index >= 15 is 0 Å². The van der Waals surface area contributed by atoms with Crippen molar-refractivity contribution in [1.82, 2.24) is 0 Å². The zero-order valence-electron chi connectivity index (χ0n) is 11.8. The molecule has 0 aliphatic heterocycles. The molecule has 0 saturated carbocycles. The Morgan fingerprint density at radius 2 is 1.86 bits per heavy atom. The number of methoxy groups -OCH3 is 1. The Balaban J connectivity index is 2.05. The maximum atomic E-state index is 13.1. The van der Waals surface area contributed by atoms with Crippen LogP contribution in [0.25, 0.3) is 0 Å². The van der Waals surface area contributed by atoms with Gasteiger partial charge in [0.1, 0.15) is 11.6 Å². The topological polar surface area (TPSA) is 9.23 Å². The van der Waals surface area contributed by atoms with Crippen molar-refractivity contribution in [2.24, 2.45) is 5.92 Å². The van der Waals surface area contributed by atoms with E-state index in [1.165, 1.54) is 17.7 Å². The molecule has 0 N–H and O–H groups in total. The van der Waals surface area contributed by atoms with Crippen molar-refractivity contribution in [3.8, 4) is 5.75 Å². The Bertz CT molecular complexity index is 586. The summed E-state index contributed by atoms with van der Waals surface area (Å²) in [5, 5.41) is 1.36. The summed E-state index contributed by atoms with van der Waals surface area (Å²) in [5.74, 6) is 0.964. The van der Waals surface area contributed by atoms with E-state index in [0.29, 0.717) is 10.9 Å². The van der Waals surface area contributed by atoms with Crippen LogP contribution in [-0.2, 0) is 12.8 Å². The highest BCUT2D eigenvalue weighted by Gasteiger charge is 2.12. The predicted molar refractivity (Wildman–Crippen MR) is 89.1 cm³/mol. The average molecular weight is 372 g/mol. The number of rotatable bonds is 6. The predicted octanol–water partition coefficient (Wildman–Crippen LogP) is 5.28. The van der Waals surface area contributed by atoms with Crippen LogP contribution < -0.4 is 4.74 Å². The van der Waals surface area contributed by atoms with Gasteiger partial charge in [0, 0.05) is 10.4 Å². The Labute approximate surface area is 138 Å². The van der Waals surface area contributed by atoms with Gasteiger partial charge in [0.25, 0.3) is 0 Å². The Hall–Kier alpha value is -1.06. The van der Waals surface area contributed by atoms with Crippen LogP contribution in [0.5, 0.6) is 5.75 Å². The summed E-state index contributed by atoms with van der Waals surface area (Å²) in [4.78, 5) is 0. The van der Waals surface area contributed by atoms with Crippen molar-refractivity contribution in [2.75, 3.05) is 12.4 Å². The van der Waals surface area contributed by atoms with E-state index in [1.54, 1.807) is 13.2 Å². The van der Waals surface area contributed by atoms with E-state index in [0.717, 1.165) is 29.5 Å². The summed E-state index contributed by atoms with van der Waals surface area (Å²) in [7, 11) is 1.66. The monoisotopic (exact) mass is 370 g/mol. The Morgan fingerprint density at radius 1 is 1.14 bits per heavy atom. The molecule has 0 spiro atoms. The second kappa shape index (κ2) is 7.81. The minimum absolute atomic E-state index is 0.297. The number of hydrogen-bond acceptors (Lipinski definition) is 1. The maximum Gasteiger partial charge on any atom is 0.124 e. The van der Waals surface area contributed by atoms with Gasteiger partial charge in [0.2, 0.25) is 0 Å². The van der Waals surface area contributed by atoms with Crippen molar-refractivity contribution in [2.45, 2.75) is 12.8 Å². The molecular weight excluding hydrogens is 355 g/mol. The van der Waals surface area contributed by atoms with Crippen LogP contribution in [0, 0.1) is 11.7 Å². The summed E-state index contributed by atoms with van der Waals surface area (Å²) >= 11 is 9.66. The molecule has 4 heteroatoms. The first kappa shape index (κ1) is 16.3. The second-order valence-corrected chi connectivity index (χ2v) is 6.07. The molecule has 1 unspecified atom stereocenters.